The van der Waals surface area contributed by atoms with Gasteiger partial charge in [-0.3, -0.25) is 24.0 Å². The average molecular weight is 680 g/mol. The monoisotopic (exact) mass is 678 g/mol. The van der Waals surface area contributed by atoms with Crippen molar-refractivity contribution in [1.82, 2.24) is 10.2 Å². The van der Waals surface area contributed by atoms with E-state index in [-0.39, 0.29) is 45.9 Å². The molecule has 3 aromatic rings. The van der Waals surface area contributed by atoms with E-state index in [2.05, 4.69) is 5.32 Å². The van der Waals surface area contributed by atoms with Gasteiger partial charge in [-0.25, -0.2) is 8.42 Å². The van der Waals surface area contributed by atoms with Crippen LogP contribution in [0.4, 0.5) is 11.4 Å². The van der Waals surface area contributed by atoms with Crippen LogP contribution >= 0.6 is 23.2 Å². The maximum absolute atomic E-state index is 14.2. The van der Waals surface area contributed by atoms with Crippen molar-refractivity contribution < 1.29 is 27.7 Å². The summed E-state index contributed by atoms with van der Waals surface area (Å²) in [7, 11) is -3.09. The molecule has 2 unspecified atom stereocenters. The van der Waals surface area contributed by atoms with E-state index < -0.39 is 39.3 Å². The fourth-order valence-corrected chi connectivity index (χ4v) is 6.45. The highest BCUT2D eigenvalue weighted by atomic mass is 35.5. The van der Waals surface area contributed by atoms with Gasteiger partial charge in [0.15, 0.2) is 0 Å². The lowest BCUT2D eigenvalue weighted by Crippen LogP contribution is -2.53. The average Bonchev–Trinajstić information content (AvgIpc) is 3.00. The first-order valence-corrected chi connectivity index (χ1v) is 16.4. The number of aryl methyl sites for hydroxylation is 1. The molecule has 14 heteroatoms. The Balaban J connectivity index is 2.14. The van der Waals surface area contributed by atoms with Crippen LogP contribution in [0.15, 0.2) is 65.6 Å². The van der Waals surface area contributed by atoms with Crippen LogP contribution in [-0.4, -0.2) is 55.8 Å². The fourth-order valence-electron chi connectivity index (χ4n) is 4.54. The molecule has 11 nitrogen and oxygen atoms in total. The van der Waals surface area contributed by atoms with E-state index >= 15 is 0 Å². The summed E-state index contributed by atoms with van der Waals surface area (Å²) in [5.41, 5.74) is 0.491. The number of halogens is 2. The first-order valence-electron chi connectivity index (χ1n) is 14.2. The van der Waals surface area contributed by atoms with Gasteiger partial charge in [0.05, 0.1) is 22.6 Å². The molecular formula is C31H36Cl2N4O7S. The van der Waals surface area contributed by atoms with Crippen molar-refractivity contribution in [3.8, 4) is 5.75 Å². The number of anilines is 1. The maximum atomic E-state index is 14.2. The zero-order valence-electron chi connectivity index (χ0n) is 25.6. The molecule has 3 rings (SSSR count). The third-order valence-electron chi connectivity index (χ3n) is 7.35. The predicted octanol–water partition coefficient (Wildman–Crippen LogP) is 6.14. The summed E-state index contributed by atoms with van der Waals surface area (Å²) >= 11 is 12.5. The van der Waals surface area contributed by atoms with Gasteiger partial charge in [0.25, 0.3) is 15.7 Å². The topological polar surface area (TPSA) is 139 Å². The van der Waals surface area contributed by atoms with Gasteiger partial charge < -0.3 is 15.0 Å². The number of hydrogen-bond acceptors (Lipinski definition) is 7. The van der Waals surface area contributed by atoms with Crippen LogP contribution in [0.25, 0.3) is 0 Å². The minimum atomic E-state index is -4.54. The van der Waals surface area contributed by atoms with Crippen molar-refractivity contribution >= 4 is 56.4 Å². The zero-order valence-corrected chi connectivity index (χ0v) is 27.9. The molecule has 0 radical (unpaired) electrons. The molecular weight excluding hydrogens is 643 g/mol. The van der Waals surface area contributed by atoms with Crippen LogP contribution in [0.1, 0.15) is 44.7 Å². The van der Waals surface area contributed by atoms with Crippen molar-refractivity contribution in [1.29, 1.82) is 0 Å². The Labute approximate surface area is 273 Å². The number of nitrogens with zero attached hydrogens (tertiary/aromatic N) is 3. The largest absolute Gasteiger partial charge is 0.497 e. The molecule has 2 atom stereocenters. The van der Waals surface area contributed by atoms with E-state index in [0.717, 1.165) is 10.4 Å². The number of rotatable bonds is 14. The molecule has 0 saturated heterocycles. The van der Waals surface area contributed by atoms with Crippen molar-refractivity contribution in [2.75, 3.05) is 18.0 Å². The molecule has 0 fully saturated rings. The Morgan fingerprint density at radius 3 is 2.24 bits per heavy atom. The van der Waals surface area contributed by atoms with Gasteiger partial charge in [-0.2, -0.15) is 0 Å². The molecule has 0 heterocycles. The molecule has 2 amide bonds. The van der Waals surface area contributed by atoms with Gasteiger partial charge in [-0.05, 0) is 74.7 Å². The highest BCUT2D eigenvalue weighted by Gasteiger charge is 2.35. The SMILES string of the molecule is CCC(C)NC(=O)C(CC)N(Cc1ccc(Cl)cc1Cl)C(=O)CN(c1ccc(OC)cc1)S(=O)(=O)c1ccc(C)c([N+](=O)[O-])c1. The molecule has 0 aromatic heterocycles. The van der Waals surface area contributed by atoms with Crippen molar-refractivity contribution in [2.24, 2.45) is 0 Å². The number of benzene rings is 3. The number of nitrogens with one attached hydrogen (secondary N) is 1. The number of nitro groups is 1. The normalized spacial score (nSPS) is 12.6. The van der Waals surface area contributed by atoms with E-state index in [1.165, 1.54) is 61.4 Å². The highest BCUT2D eigenvalue weighted by molar-refractivity contribution is 7.92. The molecule has 1 N–H and O–H groups in total. The van der Waals surface area contributed by atoms with Crippen LogP contribution < -0.4 is 14.4 Å². The number of methoxy groups -OCH3 is 1. The van der Waals surface area contributed by atoms with Gasteiger partial charge in [0, 0.05) is 34.3 Å². The standard InChI is InChI=1S/C31H36Cl2N4O7S/c1-6-21(4)34-31(39)28(7-2)35(18-22-9-10-23(32)16-27(22)33)30(38)19-36(24-11-13-25(44-5)14-12-24)45(42,43)26-15-8-20(3)29(17-26)37(40)41/h8-17,21,28H,6-7,18-19H2,1-5H3,(H,34,39). The Morgan fingerprint density at radius 1 is 1.02 bits per heavy atom. The summed E-state index contributed by atoms with van der Waals surface area (Å²) in [5, 5.41) is 15.2. The Hall–Kier alpha value is -3.87. The van der Waals surface area contributed by atoms with E-state index in [1.54, 1.807) is 19.1 Å². The number of ether oxygens (including phenoxy) is 1. The third-order valence-corrected chi connectivity index (χ3v) is 9.70. The summed E-state index contributed by atoms with van der Waals surface area (Å²) in [6.45, 7) is 6.14. The Kier molecular flexibility index (Phi) is 12.2. The number of carbonyl (C=O) groups is 2. The van der Waals surface area contributed by atoms with E-state index in [1.807, 2.05) is 13.8 Å². The minimum absolute atomic E-state index is 0.106. The Morgan fingerprint density at radius 2 is 1.69 bits per heavy atom. The molecule has 0 spiro atoms. The highest BCUT2D eigenvalue weighted by Crippen LogP contribution is 2.30. The first kappa shape index (κ1) is 35.6. The molecule has 0 saturated carbocycles. The molecule has 242 valence electrons. The van der Waals surface area contributed by atoms with Gasteiger partial charge in [0.1, 0.15) is 18.3 Å². The van der Waals surface area contributed by atoms with Crippen LogP contribution in [-0.2, 0) is 26.2 Å². The zero-order chi connectivity index (χ0) is 33.5. The summed E-state index contributed by atoms with van der Waals surface area (Å²) < 4.78 is 34.3. The van der Waals surface area contributed by atoms with Crippen LogP contribution in [0.3, 0.4) is 0 Å². The lowest BCUT2D eigenvalue weighted by atomic mass is 10.1. The first-order chi connectivity index (χ1) is 21.2. The Bertz CT molecular complexity index is 1650. The number of sulfonamides is 1. The van der Waals surface area contributed by atoms with Gasteiger partial charge in [-0.15, -0.1) is 0 Å². The fraction of sp³-hybridized carbons (Fsp3) is 0.355. The lowest BCUT2D eigenvalue weighted by molar-refractivity contribution is -0.385. The van der Waals surface area contributed by atoms with Crippen LogP contribution in [0.5, 0.6) is 5.75 Å². The van der Waals surface area contributed by atoms with E-state index in [9.17, 15) is 28.1 Å². The van der Waals surface area contributed by atoms with Gasteiger partial charge in [0.2, 0.25) is 11.8 Å². The predicted molar refractivity (Wildman–Crippen MR) is 174 cm³/mol. The van der Waals surface area contributed by atoms with Crippen molar-refractivity contribution in [3.05, 3.63) is 92.0 Å². The number of amides is 2. The smallest absolute Gasteiger partial charge is 0.273 e. The quantitative estimate of drug-likeness (QED) is 0.160. The summed E-state index contributed by atoms with van der Waals surface area (Å²) in [6.07, 6.45) is 0.879. The summed E-state index contributed by atoms with van der Waals surface area (Å²) in [4.78, 5) is 39.5. The molecule has 3 aromatic carbocycles. The number of carbonyl (C=O) groups excluding carboxylic acids is 2. The molecule has 0 bridgehead atoms. The number of hydrogen-bond donors (Lipinski definition) is 1. The van der Waals surface area contributed by atoms with Crippen molar-refractivity contribution in [2.45, 2.75) is 64.1 Å². The molecule has 0 aliphatic carbocycles. The van der Waals surface area contributed by atoms with Crippen molar-refractivity contribution in [3.63, 3.8) is 0 Å². The van der Waals surface area contributed by atoms with E-state index in [4.69, 9.17) is 27.9 Å². The molecule has 45 heavy (non-hydrogen) atoms. The lowest BCUT2D eigenvalue weighted by Gasteiger charge is -2.34. The third kappa shape index (κ3) is 8.65. The summed E-state index contributed by atoms with van der Waals surface area (Å²) in [5.74, 6) is -0.661. The van der Waals surface area contributed by atoms with Crippen LogP contribution in [0.2, 0.25) is 10.0 Å². The van der Waals surface area contributed by atoms with Gasteiger partial charge >= 0.3 is 0 Å². The maximum Gasteiger partial charge on any atom is 0.273 e. The second-order valence-electron chi connectivity index (χ2n) is 10.4. The summed E-state index contributed by atoms with van der Waals surface area (Å²) in [6, 6.07) is 13.1. The van der Waals surface area contributed by atoms with Gasteiger partial charge in [-0.1, -0.05) is 49.2 Å². The van der Waals surface area contributed by atoms with Crippen LogP contribution in [0, 0.1) is 17.0 Å². The molecule has 0 aliphatic heterocycles. The van der Waals surface area contributed by atoms with E-state index in [0.29, 0.717) is 22.8 Å². The second kappa shape index (κ2) is 15.4. The minimum Gasteiger partial charge on any atom is -0.497 e. The molecule has 0 aliphatic rings. The second-order valence-corrected chi connectivity index (χ2v) is 13.1. The number of nitro benzene ring substituents is 1.